The second-order valence-corrected chi connectivity index (χ2v) is 6.14. The van der Waals surface area contributed by atoms with E-state index >= 15 is 0 Å². The Bertz CT molecular complexity index is 626. The van der Waals surface area contributed by atoms with E-state index in [1.807, 2.05) is 17.7 Å². The number of nitrogens with zero attached hydrogens (tertiary/aromatic N) is 2. The standard InChI is InChI=1S/C16H20ClN3O2/c1-12(10-20-8-7-18-11-20)19-15(21)16(2,3)22-14-6-4-5-13(17)9-14/h4-9,11-12H,10H2,1-3H3,(H,19,21)/t12-/m0/s1. The maximum Gasteiger partial charge on any atom is 0.263 e. The number of rotatable bonds is 6. The summed E-state index contributed by atoms with van der Waals surface area (Å²) in [4.78, 5) is 16.4. The van der Waals surface area contributed by atoms with Crippen molar-refractivity contribution in [2.24, 2.45) is 0 Å². The van der Waals surface area contributed by atoms with Crippen LogP contribution in [-0.2, 0) is 11.3 Å². The molecule has 0 aliphatic heterocycles. The molecule has 0 fully saturated rings. The molecule has 1 aromatic carbocycles. The Kier molecular flexibility index (Phi) is 5.08. The van der Waals surface area contributed by atoms with Crippen LogP contribution in [0.5, 0.6) is 5.75 Å². The van der Waals surface area contributed by atoms with Gasteiger partial charge in [-0.15, -0.1) is 0 Å². The highest BCUT2D eigenvalue weighted by atomic mass is 35.5. The largest absolute Gasteiger partial charge is 0.478 e. The predicted octanol–water partition coefficient (Wildman–Crippen LogP) is 2.90. The summed E-state index contributed by atoms with van der Waals surface area (Å²) in [5.74, 6) is 0.384. The fourth-order valence-corrected chi connectivity index (χ4v) is 2.21. The number of benzene rings is 1. The van der Waals surface area contributed by atoms with Crippen molar-refractivity contribution >= 4 is 17.5 Å². The zero-order valence-corrected chi connectivity index (χ0v) is 13.7. The second-order valence-electron chi connectivity index (χ2n) is 5.70. The van der Waals surface area contributed by atoms with Crippen LogP contribution in [0.1, 0.15) is 20.8 Å². The van der Waals surface area contributed by atoms with Gasteiger partial charge in [-0.2, -0.15) is 0 Å². The molecule has 0 aliphatic rings. The molecule has 0 saturated carbocycles. The quantitative estimate of drug-likeness (QED) is 0.890. The molecule has 1 amide bonds. The Hall–Kier alpha value is -2.01. The van der Waals surface area contributed by atoms with E-state index in [-0.39, 0.29) is 11.9 Å². The molecular formula is C16H20ClN3O2. The molecule has 1 N–H and O–H groups in total. The van der Waals surface area contributed by atoms with Crippen LogP contribution in [0.15, 0.2) is 43.0 Å². The molecule has 118 valence electrons. The van der Waals surface area contributed by atoms with Crippen LogP contribution in [0.25, 0.3) is 0 Å². The molecule has 22 heavy (non-hydrogen) atoms. The van der Waals surface area contributed by atoms with E-state index in [0.29, 0.717) is 17.3 Å². The minimum absolute atomic E-state index is 0.0380. The summed E-state index contributed by atoms with van der Waals surface area (Å²) in [5, 5.41) is 3.52. The van der Waals surface area contributed by atoms with Crippen LogP contribution >= 0.6 is 11.6 Å². The van der Waals surface area contributed by atoms with Gasteiger partial charge in [-0.3, -0.25) is 4.79 Å². The number of ether oxygens (including phenoxy) is 1. The summed E-state index contributed by atoms with van der Waals surface area (Å²) < 4.78 is 7.68. The van der Waals surface area contributed by atoms with Gasteiger partial charge < -0.3 is 14.6 Å². The lowest BCUT2D eigenvalue weighted by Gasteiger charge is -2.27. The van der Waals surface area contributed by atoms with Gasteiger partial charge in [-0.25, -0.2) is 4.98 Å². The molecule has 2 aromatic rings. The van der Waals surface area contributed by atoms with E-state index < -0.39 is 5.60 Å². The molecule has 0 radical (unpaired) electrons. The number of aromatic nitrogens is 2. The van der Waals surface area contributed by atoms with Crippen molar-refractivity contribution < 1.29 is 9.53 Å². The first-order valence-electron chi connectivity index (χ1n) is 7.08. The van der Waals surface area contributed by atoms with Gasteiger partial charge in [0.1, 0.15) is 5.75 Å². The third-order valence-corrected chi connectivity index (χ3v) is 3.37. The number of hydrogen-bond acceptors (Lipinski definition) is 3. The van der Waals surface area contributed by atoms with Gasteiger partial charge in [0.05, 0.1) is 6.33 Å². The minimum atomic E-state index is -0.992. The molecule has 5 nitrogen and oxygen atoms in total. The van der Waals surface area contributed by atoms with Gasteiger partial charge in [-0.1, -0.05) is 17.7 Å². The number of carbonyl (C=O) groups excluding carboxylic acids is 1. The van der Waals surface area contributed by atoms with Crippen molar-refractivity contribution in [2.75, 3.05) is 0 Å². The lowest BCUT2D eigenvalue weighted by Crippen LogP contribution is -2.50. The summed E-state index contributed by atoms with van der Waals surface area (Å²) in [6, 6.07) is 6.97. The fourth-order valence-electron chi connectivity index (χ4n) is 2.03. The lowest BCUT2D eigenvalue weighted by molar-refractivity contribution is -0.134. The number of carbonyl (C=O) groups is 1. The van der Waals surface area contributed by atoms with Gasteiger partial charge in [0.25, 0.3) is 5.91 Å². The summed E-state index contributed by atoms with van der Waals surface area (Å²) in [7, 11) is 0. The average Bonchev–Trinajstić information content (AvgIpc) is 2.90. The van der Waals surface area contributed by atoms with Crippen LogP contribution in [0.2, 0.25) is 5.02 Å². The van der Waals surface area contributed by atoms with E-state index in [2.05, 4.69) is 10.3 Å². The molecule has 6 heteroatoms. The van der Waals surface area contributed by atoms with Crippen LogP contribution < -0.4 is 10.1 Å². The molecule has 0 bridgehead atoms. The Morgan fingerprint density at radius 2 is 2.27 bits per heavy atom. The van der Waals surface area contributed by atoms with E-state index in [1.165, 1.54) is 0 Å². The van der Waals surface area contributed by atoms with E-state index in [9.17, 15) is 4.79 Å². The molecular weight excluding hydrogens is 302 g/mol. The third kappa shape index (κ3) is 4.49. The van der Waals surface area contributed by atoms with E-state index in [4.69, 9.17) is 16.3 Å². The van der Waals surface area contributed by atoms with Crippen molar-refractivity contribution in [1.29, 1.82) is 0 Å². The molecule has 0 spiro atoms. The Morgan fingerprint density at radius 1 is 1.50 bits per heavy atom. The van der Waals surface area contributed by atoms with Crippen LogP contribution in [0, 0.1) is 0 Å². The fraction of sp³-hybridized carbons (Fsp3) is 0.375. The maximum atomic E-state index is 12.4. The van der Waals surface area contributed by atoms with E-state index in [1.54, 1.807) is 50.6 Å². The zero-order chi connectivity index (χ0) is 16.2. The van der Waals surface area contributed by atoms with Gasteiger partial charge in [0, 0.05) is 30.0 Å². The third-order valence-electron chi connectivity index (χ3n) is 3.14. The van der Waals surface area contributed by atoms with Crippen molar-refractivity contribution in [3.8, 4) is 5.75 Å². The van der Waals surface area contributed by atoms with Gasteiger partial charge in [0.2, 0.25) is 0 Å². The molecule has 1 heterocycles. The highest BCUT2D eigenvalue weighted by Gasteiger charge is 2.30. The predicted molar refractivity (Wildman–Crippen MR) is 86.0 cm³/mol. The SMILES string of the molecule is C[C@@H](Cn1ccnc1)NC(=O)C(C)(C)Oc1cccc(Cl)c1. The number of imidazole rings is 1. The highest BCUT2D eigenvalue weighted by molar-refractivity contribution is 6.30. The normalized spacial score (nSPS) is 12.7. The number of nitrogens with one attached hydrogen (secondary N) is 1. The zero-order valence-electron chi connectivity index (χ0n) is 12.9. The van der Waals surface area contributed by atoms with Crippen LogP contribution in [-0.4, -0.2) is 27.1 Å². The van der Waals surface area contributed by atoms with E-state index in [0.717, 1.165) is 0 Å². The minimum Gasteiger partial charge on any atom is -0.478 e. The van der Waals surface area contributed by atoms with Crippen molar-refractivity contribution in [1.82, 2.24) is 14.9 Å². The van der Waals surface area contributed by atoms with Crippen molar-refractivity contribution in [3.05, 3.63) is 48.0 Å². The highest BCUT2D eigenvalue weighted by Crippen LogP contribution is 2.22. The first-order chi connectivity index (χ1) is 10.4. The second kappa shape index (κ2) is 6.83. The molecule has 2 rings (SSSR count). The van der Waals surface area contributed by atoms with Crippen molar-refractivity contribution in [2.45, 2.75) is 39.0 Å². The Morgan fingerprint density at radius 3 is 2.91 bits per heavy atom. The monoisotopic (exact) mass is 321 g/mol. The number of amides is 1. The lowest BCUT2D eigenvalue weighted by atomic mass is 10.1. The van der Waals surface area contributed by atoms with Crippen molar-refractivity contribution in [3.63, 3.8) is 0 Å². The topological polar surface area (TPSA) is 56.2 Å². The first kappa shape index (κ1) is 16.4. The van der Waals surface area contributed by atoms with Crippen LogP contribution in [0.4, 0.5) is 0 Å². The number of hydrogen-bond donors (Lipinski definition) is 1. The molecule has 0 saturated heterocycles. The first-order valence-corrected chi connectivity index (χ1v) is 7.46. The molecule has 0 unspecified atom stereocenters. The van der Waals surface area contributed by atoms with Gasteiger partial charge >= 0.3 is 0 Å². The summed E-state index contributed by atoms with van der Waals surface area (Å²) >= 11 is 5.93. The molecule has 1 aromatic heterocycles. The van der Waals surface area contributed by atoms with Gasteiger partial charge in [-0.05, 0) is 39.0 Å². The average molecular weight is 322 g/mol. The Labute approximate surface area is 135 Å². The maximum absolute atomic E-state index is 12.4. The van der Waals surface area contributed by atoms with Crippen LogP contribution in [0.3, 0.4) is 0 Å². The van der Waals surface area contributed by atoms with Gasteiger partial charge in [0.15, 0.2) is 5.60 Å². The molecule has 0 aliphatic carbocycles. The number of halogens is 1. The Balaban J connectivity index is 1.94. The molecule has 1 atom stereocenters. The summed E-state index contributed by atoms with van der Waals surface area (Å²) in [6.45, 7) is 6.05. The smallest absolute Gasteiger partial charge is 0.263 e. The summed E-state index contributed by atoms with van der Waals surface area (Å²) in [6.07, 6.45) is 5.28. The summed E-state index contributed by atoms with van der Waals surface area (Å²) in [5.41, 5.74) is -0.992.